The van der Waals surface area contributed by atoms with Crippen LogP contribution >= 0.6 is 0 Å². The fraction of sp³-hybridized carbons (Fsp3) is 0.571. The van der Waals surface area contributed by atoms with Gasteiger partial charge in [-0.1, -0.05) is 12.1 Å². The molecule has 0 radical (unpaired) electrons. The van der Waals surface area contributed by atoms with Crippen molar-refractivity contribution in [1.82, 2.24) is 4.90 Å². The van der Waals surface area contributed by atoms with Gasteiger partial charge in [0.25, 0.3) is 0 Å². The number of benzene rings is 1. The van der Waals surface area contributed by atoms with Crippen LogP contribution in [0.2, 0.25) is 0 Å². The fourth-order valence-corrected chi connectivity index (χ4v) is 4.48. The number of hydrogen-bond acceptors (Lipinski definition) is 4. The Balaban J connectivity index is 2.09. The number of aromatic hydroxyl groups is 1. The molecule has 4 nitrogen and oxygen atoms in total. The van der Waals surface area contributed by atoms with Gasteiger partial charge in [-0.15, -0.1) is 0 Å². The lowest BCUT2D eigenvalue weighted by Gasteiger charge is -2.23. The SMILES string of the molecule is Cc1cc(CN(C)C2CCS(=O)(=O)C2)cc(C)c1O. The Morgan fingerprint density at radius 2 is 1.89 bits per heavy atom. The summed E-state index contributed by atoms with van der Waals surface area (Å²) in [7, 11) is -0.876. The first-order valence-corrected chi connectivity index (χ1v) is 8.30. The summed E-state index contributed by atoms with van der Waals surface area (Å²) < 4.78 is 23.0. The zero-order valence-electron chi connectivity index (χ0n) is 11.7. The van der Waals surface area contributed by atoms with Crippen LogP contribution in [-0.4, -0.2) is 43.0 Å². The molecule has 1 aromatic rings. The maximum Gasteiger partial charge on any atom is 0.151 e. The molecule has 1 aliphatic heterocycles. The number of rotatable bonds is 3. The molecule has 0 aromatic heterocycles. The third-order valence-electron chi connectivity index (χ3n) is 3.81. The van der Waals surface area contributed by atoms with E-state index in [0.717, 1.165) is 23.1 Å². The molecule has 0 bridgehead atoms. The first-order valence-electron chi connectivity index (χ1n) is 6.48. The zero-order chi connectivity index (χ0) is 14.2. The smallest absolute Gasteiger partial charge is 0.151 e. The Morgan fingerprint density at radius 1 is 1.32 bits per heavy atom. The van der Waals surface area contributed by atoms with Crippen molar-refractivity contribution in [3.63, 3.8) is 0 Å². The molecular formula is C14H21NO3S. The summed E-state index contributed by atoms with van der Waals surface area (Å²) in [6.45, 7) is 4.47. The third-order valence-corrected chi connectivity index (χ3v) is 5.56. The Hall–Kier alpha value is -1.07. The van der Waals surface area contributed by atoms with E-state index >= 15 is 0 Å². The summed E-state index contributed by atoms with van der Waals surface area (Å²) in [5, 5.41) is 9.75. The average Bonchev–Trinajstić information content (AvgIpc) is 2.66. The number of hydrogen-bond donors (Lipinski definition) is 1. The largest absolute Gasteiger partial charge is 0.507 e. The summed E-state index contributed by atoms with van der Waals surface area (Å²) >= 11 is 0. The molecule has 0 saturated carbocycles. The number of phenolic OH excluding ortho intramolecular Hbond substituents is 1. The van der Waals surface area contributed by atoms with Crippen LogP contribution in [0, 0.1) is 13.8 Å². The molecule has 2 rings (SSSR count). The summed E-state index contributed by atoms with van der Waals surface area (Å²) in [4.78, 5) is 2.09. The van der Waals surface area contributed by atoms with Gasteiger partial charge >= 0.3 is 0 Å². The number of nitrogens with zero attached hydrogens (tertiary/aromatic N) is 1. The van der Waals surface area contributed by atoms with E-state index < -0.39 is 9.84 Å². The van der Waals surface area contributed by atoms with Crippen LogP contribution in [0.4, 0.5) is 0 Å². The quantitative estimate of drug-likeness (QED) is 0.916. The van der Waals surface area contributed by atoms with Crippen molar-refractivity contribution < 1.29 is 13.5 Å². The molecule has 0 aliphatic carbocycles. The van der Waals surface area contributed by atoms with Crippen molar-refractivity contribution in [2.24, 2.45) is 0 Å². The maximum atomic E-state index is 11.5. The molecule has 1 saturated heterocycles. The Bertz CT molecular complexity index is 557. The number of aryl methyl sites for hydroxylation is 2. The lowest BCUT2D eigenvalue weighted by atomic mass is 10.0. The van der Waals surface area contributed by atoms with Gasteiger partial charge in [0, 0.05) is 12.6 Å². The highest BCUT2D eigenvalue weighted by atomic mass is 32.2. The van der Waals surface area contributed by atoms with Gasteiger partial charge in [-0.05, 0) is 44.0 Å². The topological polar surface area (TPSA) is 57.6 Å². The minimum absolute atomic E-state index is 0.111. The van der Waals surface area contributed by atoms with E-state index in [1.807, 2.05) is 33.0 Å². The maximum absolute atomic E-state index is 11.5. The minimum atomic E-state index is -2.84. The van der Waals surface area contributed by atoms with Crippen LogP contribution < -0.4 is 0 Å². The summed E-state index contributed by atoms with van der Waals surface area (Å²) in [5.74, 6) is 0.907. The van der Waals surface area contributed by atoms with Crippen LogP contribution in [0.1, 0.15) is 23.1 Å². The minimum Gasteiger partial charge on any atom is -0.507 e. The Morgan fingerprint density at radius 3 is 2.37 bits per heavy atom. The van der Waals surface area contributed by atoms with Crippen LogP contribution in [0.5, 0.6) is 5.75 Å². The van der Waals surface area contributed by atoms with Gasteiger partial charge in [0.15, 0.2) is 9.84 Å². The second-order valence-corrected chi connectivity index (χ2v) is 7.78. The zero-order valence-corrected chi connectivity index (χ0v) is 12.5. The van der Waals surface area contributed by atoms with Gasteiger partial charge in [0.2, 0.25) is 0 Å². The van der Waals surface area contributed by atoms with Crippen LogP contribution in [-0.2, 0) is 16.4 Å². The average molecular weight is 283 g/mol. The first kappa shape index (κ1) is 14.3. The normalized spacial score (nSPS) is 22.0. The molecule has 1 N–H and O–H groups in total. The summed E-state index contributed by atoms with van der Waals surface area (Å²) in [6.07, 6.45) is 0.717. The Kier molecular flexibility index (Phi) is 3.87. The molecule has 1 atom stereocenters. The van der Waals surface area contributed by atoms with Gasteiger partial charge in [0.05, 0.1) is 11.5 Å². The Labute approximate surface area is 115 Å². The number of sulfone groups is 1. The van der Waals surface area contributed by atoms with Crippen LogP contribution in [0.25, 0.3) is 0 Å². The molecule has 0 amide bonds. The molecule has 5 heteroatoms. The molecule has 1 unspecified atom stereocenters. The predicted octanol–water partition coefficient (Wildman–Crippen LogP) is 1.63. The van der Waals surface area contributed by atoms with E-state index in [0.29, 0.717) is 18.0 Å². The lowest BCUT2D eigenvalue weighted by Crippen LogP contribution is -2.32. The molecule has 1 fully saturated rings. The second-order valence-electron chi connectivity index (χ2n) is 5.55. The fourth-order valence-electron chi connectivity index (χ4n) is 2.68. The van der Waals surface area contributed by atoms with Crippen molar-refractivity contribution in [3.05, 3.63) is 28.8 Å². The standard InChI is InChI=1S/C14H21NO3S/c1-10-6-12(7-11(2)14(10)16)8-15(3)13-4-5-19(17,18)9-13/h6-7,13,16H,4-5,8-9H2,1-3H3. The molecule has 1 aliphatic rings. The van der Waals surface area contributed by atoms with Crippen molar-refractivity contribution in [2.75, 3.05) is 18.6 Å². The van der Waals surface area contributed by atoms with E-state index in [2.05, 4.69) is 4.90 Å². The molecule has 0 spiro atoms. The molecule has 19 heavy (non-hydrogen) atoms. The molecule has 1 aromatic carbocycles. The van der Waals surface area contributed by atoms with E-state index in [9.17, 15) is 13.5 Å². The van der Waals surface area contributed by atoms with E-state index in [4.69, 9.17) is 0 Å². The van der Waals surface area contributed by atoms with Crippen molar-refractivity contribution >= 4 is 9.84 Å². The lowest BCUT2D eigenvalue weighted by molar-refractivity contribution is 0.253. The van der Waals surface area contributed by atoms with E-state index in [1.54, 1.807) is 0 Å². The highest BCUT2D eigenvalue weighted by molar-refractivity contribution is 7.91. The summed E-state index contributed by atoms with van der Waals surface area (Å²) in [6, 6.07) is 4.03. The van der Waals surface area contributed by atoms with Gasteiger partial charge in [-0.3, -0.25) is 4.90 Å². The third kappa shape index (κ3) is 3.28. The molecule has 1 heterocycles. The summed E-state index contributed by atoms with van der Waals surface area (Å²) in [5.41, 5.74) is 2.84. The van der Waals surface area contributed by atoms with Gasteiger partial charge in [-0.2, -0.15) is 0 Å². The van der Waals surface area contributed by atoms with Gasteiger partial charge in [0.1, 0.15) is 5.75 Å². The molecular weight excluding hydrogens is 262 g/mol. The first-order chi connectivity index (χ1) is 8.78. The van der Waals surface area contributed by atoms with Gasteiger partial charge < -0.3 is 5.11 Å². The second kappa shape index (κ2) is 5.13. The van der Waals surface area contributed by atoms with Crippen LogP contribution in [0.3, 0.4) is 0 Å². The predicted molar refractivity (Wildman–Crippen MR) is 76.1 cm³/mol. The van der Waals surface area contributed by atoms with E-state index in [1.165, 1.54) is 0 Å². The van der Waals surface area contributed by atoms with Crippen LogP contribution in [0.15, 0.2) is 12.1 Å². The van der Waals surface area contributed by atoms with Gasteiger partial charge in [-0.25, -0.2) is 8.42 Å². The highest BCUT2D eigenvalue weighted by Gasteiger charge is 2.30. The van der Waals surface area contributed by atoms with E-state index in [-0.39, 0.29) is 11.8 Å². The van der Waals surface area contributed by atoms with Crippen molar-refractivity contribution in [1.29, 1.82) is 0 Å². The monoisotopic (exact) mass is 283 g/mol. The number of phenols is 1. The highest BCUT2D eigenvalue weighted by Crippen LogP contribution is 2.25. The van der Waals surface area contributed by atoms with Crippen molar-refractivity contribution in [3.8, 4) is 5.75 Å². The van der Waals surface area contributed by atoms with Crippen molar-refractivity contribution in [2.45, 2.75) is 32.9 Å². The molecule has 106 valence electrons.